The van der Waals surface area contributed by atoms with E-state index in [0.717, 1.165) is 0 Å². The maximum Gasteiger partial charge on any atom is 0.335 e. The summed E-state index contributed by atoms with van der Waals surface area (Å²) in [5.41, 5.74) is 1.61. The lowest BCUT2D eigenvalue weighted by molar-refractivity contribution is 0.218. The Morgan fingerprint density at radius 3 is 1.22 bits per heavy atom. The first-order valence-electron chi connectivity index (χ1n) is 10.4. The van der Waals surface area contributed by atoms with Gasteiger partial charge in [0.25, 0.3) is 0 Å². The first kappa shape index (κ1) is 26.2. The van der Waals surface area contributed by atoms with Crippen molar-refractivity contribution in [2.24, 2.45) is 0 Å². The Balaban J connectivity index is 2.59. The number of hydrogen-bond acceptors (Lipinski definition) is 8. The zero-order valence-corrected chi connectivity index (χ0v) is 20.6. The van der Waals surface area contributed by atoms with Gasteiger partial charge in [-0.3, -0.25) is 9.13 Å². The van der Waals surface area contributed by atoms with Gasteiger partial charge >= 0.3 is 15.2 Å². The van der Waals surface area contributed by atoms with Gasteiger partial charge in [0.15, 0.2) is 0 Å². The van der Waals surface area contributed by atoms with Crippen molar-refractivity contribution in [3.8, 4) is 12.1 Å². The van der Waals surface area contributed by atoms with E-state index in [1.807, 2.05) is 0 Å². The molecule has 0 aromatic heterocycles. The molecule has 0 unspecified atom stereocenters. The summed E-state index contributed by atoms with van der Waals surface area (Å²) in [7, 11) is -6.83. The van der Waals surface area contributed by atoms with Crippen LogP contribution in [-0.4, -0.2) is 26.4 Å². The molecule has 172 valence electrons. The third kappa shape index (κ3) is 6.06. The van der Waals surface area contributed by atoms with Crippen molar-refractivity contribution >= 4 is 26.0 Å². The largest absolute Gasteiger partial charge is 0.335 e. The minimum Gasteiger partial charge on any atom is -0.309 e. The van der Waals surface area contributed by atoms with Crippen LogP contribution in [0.25, 0.3) is 10.8 Å². The Labute approximate surface area is 189 Å². The van der Waals surface area contributed by atoms with Gasteiger partial charge in [-0.05, 0) is 38.8 Å². The molecule has 8 nitrogen and oxygen atoms in total. The second-order valence-corrected chi connectivity index (χ2v) is 10.8. The van der Waals surface area contributed by atoms with Crippen LogP contribution in [0, 0.1) is 22.7 Å². The van der Waals surface area contributed by atoms with Gasteiger partial charge in [-0.2, -0.15) is 10.5 Å². The molecular formula is C22H28N2O6P2. The molecule has 0 aliphatic rings. The normalized spacial score (nSPS) is 11.9. The molecule has 0 atom stereocenters. The van der Waals surface area contributed by atoms with Crippen LogP contribution < -0.4 is 0 Å². The number of nitrogens with zero attached hydrogens (tertiary/aromatic N) is 2. The fraction of sp³-hybridized carbons (Fsp3) is 0.455. The first-order chi connectivity index (χ1) is 15.3. The van der Waals surface area contributed by atoms with E-state index in [1.54, 1.807) is 52.0 Å². The molecule has 0 aliphatic heterocycles. The number of hydrogen-bond donors (Lipinski definition) is 0. The topological polar surface area (TPSA) is 119 Å². The molecule has 0 bridgehead atoms. The van der Waals surface area contributed by atoms with E-state index in [4.69, 9.17) is 18.1 Å². The molecule has 0 saturated carbocycles. The first-order valence-corrected chi connectivity index (χ1v) is 13.9. The van der Waals surface area contributed by atoms with E-state index in [0.29, 0.717) is 33.0 Å². The molecule has 2 aromatic rings. The van der Waals surface area contributed by atoms with E-state index in [9.17, 15) is 19.7 Å². The Morgan fingerprint density at radius 2 is 0.969 bits per heavy atom. The van der Waals surface area contributed by atoms with Crippen LogP contribution in [0.3, 0.4) is 0 Å². The summed E-state index contributed by atoms with van der Waals surface area (Å²) >= 11 is 0. The zero-order valence-electron chi connectivity index (χ0n) is 18.8. The van der Waals surface area contributed by atoms with Crippen molar-refractivity contribution in [2.75, 3.05) is 26.4 Å². The van der Waals surface area contributed by atoms with Crippen molar-refractivity contribution in [3.05, 3.63) is 46.5 Å². The third-order valence-corrected chi connectivity index (χ3v) is 8.69. The molecule has 2 rings (SSSR count). The van der Waals surface area contributed by atoms with E-state index < -0.39 is 15.2 Å². The van der Waals surface area contributed by atoms with Crippen molar-refractivity contribution in [2.45, 2.75) is 40.0 Å². The maximum atomic E-state index is 13.0. The van der Waals surface area contributed by atoms with Gasteiger partial charge in [-0.25, -0.2) is 0 Å². The van der Waals surface area contributed by atoms with Crippen molar-refractivity contribution < 1.29 is 27.2 Å². The van der Waals surface area contributed by atoms with Gasteiger partial charge in [0.1, 0.15) is 12.1 Å². The van der Waals surface area contributed by atoms with Crippen molar-refractivity contribution in [1.82, 2.24) is 0 Å². The average Bonchev–Trinajstić information content (AvgIpc) is 2.74. The molecular weight excluding hydrogens is 450 g/mol. The highest BCUT2D eigenvalue weighted by Crippen LogP contribution is 2.53. The van der Waals surface area contributed by atoms with E-state index in [1.165, 1.54) is 0 Å². The maximum absolute atomic E-state index is 13.0. The number of fused-ring (bicyclic) bond motifs is 1. The zero-order chi connectivity index (χ0) is 23.8. The molecule has 0 amide bonds. The standard InChI is InChI=1S/C22H28N2O6P2/c1-5-27-31(25,28-6-2)15-17-9-11-20-19(21(17)13-23)12-10-18(22(20)14-24)16-32(26,29-7-3)30-8-4/h9-12H,5-8,15-16H2,1-4H3. The Bertz CT molecular complexity index is 1030. The molecule has 32 heavy (non-hydrogen) atoms. The summed E-state index contributed by atoms with van der Waals surface area (Å²) < 4.78 is 47.4. The van der Waals surface area contributed by atoms with E-state index >= 15 is 0 Å². The molecule has 0 aliphatic carbocycles. The number of benzene rings is 2. The van der Waals surface area contributed by atoms with Gasteiger partial charge in [-0.1, -0.05) is 24.3 Å². The lowest BCUT2D eigenvalue weighted by Crippen LogP contribution is -2.03. The molecule has 0 N–H and O–H groups in total. The highest BCUT2D eigenvalue weighted by molar-refractivity contribution is 7.53. The molecule has 2 aromatic carbocycles. The fourth-order valence-corrected chi connectivity index (χ4v) is 6.93. The second kappa shape index (κ2) is 11.7. The van der Waals surface area contributed by atoms with Gasteiger partial charge in [-0.15, -0.1) is 0 Å². The summed E-state index contributed by atoms with van der Waals surface area (Å²) in [5.74, 6) is 0. The highest BCUT2D eigenvalue weighted by atomic mass is 31.2. The van der Waals surface area contributed by atoms with Gasteiger partial charge in [0, 0.05) is 10.8 Å². The summed E-state index contributed by atoms with van der Waals surface area (Å²) in [6, 6.07) is 11.0. The second-order valence-electron chi connectivity index (χ2n) is 6.73. The van der Waals surface area contributed by atoms with Gasteiger partial charge < -0.3 is 18.1 Å². The summed E-state index contributed by atoms with van der Waals surface area (Å²) in [6.45, 7) is 7.76. The molecule has 0 radical (unpaired) electrons. The predicted molar refractivity (Wildman–Crippen MR) is 123 cm³/mol. The van der Waals surface area contributed by atoms with E-state index in [2.05, 4.69) is 12.1 Å². The van der Waals surface area contributed by atoms with Crippen LogP contribution in [0.1, 0.15) is 49.9 Å². The van der Waals surface area contributed by atoms with Crippen LogP contribution in [0.2, 0.25) is 0 Å². The Hall–Kier alpha value is -2.02. The van der Waals surface area contributed by atoms with Crippen LogP contribution in [0.15, 0.2) is 24.3 Å². The quantitative estimate of drug-likeness (QED) is 0.335. The number of rotatable bonds is 12. The van der Waals surface area contributed by atoms with Gasteiger partial charge in [0.05, 0.1) is 49.9 Å². The minimum atomic E-state index is -3.42. The van der Waals surface area contributed by atoms with Crippen LogP contribution in [-0.2, 0) is 39.5 Å². The predicted octanol–water partition coefficient (Wildman–Crippen LogP) is 6.12. The lowest BCUT2D eigenvalue weighted by atomic mass is 9.95. The Morgan fingerprint density at radius 1 is 0.656 bits per heavy atom. The summed E-state index contributed by atoms with van der Waals surface area (Å²) in [4.78, 5) is 0. The monoisotopic (exact) mass is 478 g/mol. The smallest absolute Gasteiger partial charge is 0.309 e. The Kier molecular flexibility index (Phi) is 9.62. The fourth-order valence-electron chi connectivity index (χ4n) is 3.48. The lowest BCUT2D eigenvalue weighted by Gasteiger charge is -2.19. The van der Waals surface area contributed by atoms with Gasteiger partial charge in [0.2, 0.25) is 0 Å². The average molecular weight is 478 g/mol. The number of nitriles is 2. The highest BCUT2D eigenvalue weighted by Gasteiger charge is 2.28. The SMILES string of the molecule is CCOP(=O)(Cc1ccc2c(C#N)c(CP(=O)(OCC)OCC)ccc2c1C#N)OCC. The molecule has 0 spiro atoms. The van der Waals surface area contributed by atoms with Crippen molar-refractivity contribution in [1.29, 1.82) is 10.5 Å². The minimum absolute atomic E-state index is 0.0545. The van der Waals surface area contributed by atoms with Crippen LogP contribution >= 0.6 is 15.2 Å². The summed E-state index contributed by atoms with van der Waals surface area (Å²) in [5, 5.41) is 20.8. The van der Waals surface area contributed by atoms with Crippen LogP contribution in [0.4, 0.5) is 0 Å². The van der Waals surface area contributed by atoms with E-state index in [-0.39, 0.29) is 38.8 Å². The molecule has 10 heteroatoms. The van der Waals surface area contributed by atoms with Crippen molar-refractivity contribution in [3.63, 3.8) is 0 Å². The molecule has 0 fully saturated rings. The van der Waals surface area contributed by atoms with Crippen LogP contribution in [0.5, 0.6) is 0 Å². The molecule has 0 heterocycles. The molecule has 0 saturated heterocycles. The third-order valence-electron chi connectivity index (χ3n) is 4.63. The summed E-state index contributed by atoms with van der Waals surface area (Å²) in [6.07, 6.45) is -0.109.